The normalized spacial score (nSPS) is 10.9. The Morgan fingerprint density at radius 2 is 1.59 bits per heavy atom. The summed E-state index contributed by atoms with van der Waals surface area (Å²) >= 11 is 17.5. The van der Waals surface area contributed by atoms with Gasteiger partial charge >= 0.3 is 0 Å². The van der Waals surface area contributed by atoms with E-state index in [-0.39, 0.29) is 5.57 Å². The molecule has 0 radical (unpaired) electrons. The van der Waals surface area contributed by atoms with Gasteiger partial charge < -0.3 is 5.32 Å². The fourth-order valence-corrected chi connectivity index (χ4v) is 2.35. The SMILES string of the molecule is N#C/C(=C\c1ccc(Cl)cc1)C(=O)Nc1cc(Cl)cc(Cl)c1. The van der Waals surface area contributed by atoms with E-state index in [0.29, 0.717) is 26.3 Å². The smallest absolute Gasteiger partial charge is 0.266 e. The van der Waals surface area contributed by atoms with Crippen LogP contribution in [0.1, 0.15) is 5.56 Å². The van der Waals surface area contributed by atoms with Crippen LogP contribution in [0.15, 0.2) is 48.0 Å². The Morgan fingerprint density at radius 3 is 2.14 bits per heavy atom. The molecule has 0 heterocycles. The summed E-state index contributed by atoms with van der Waals surface area (Å²) in [6.07, 6.45) is 1.47. The fourth-order valence-electron chi connectivity index (χ4n) is 1.70. The van der Waals surface area contributed by atoms with Gasteiger partial charge in [0.2, 0.25) is 0 Å². The molecule has 0 fully saturated rings. The highest BCUT2D eigenvalue weighted by atomic mass is 35.5. The number of benzene rings is 2. The molecule has 2 rings (SSSR count). The maximum absolute atomic E-state index is 12.1. The average Bonchev–Trinajstić information content (AvgIpc) is 2.45. The van der Waals surface area contributed by atoms with Crippen LogP contribution in [0.25, 0.3) is 6.08 Å². The molecule has 1 N–H and O–H groups in total. The van der Waals surface area contributed by atoms with Gasteiger partial charge in [-0.1, -0.05) is 46.9 Å². The van der Waals surface area contributed by atoms with E-state index in [2.05, 4.69) is 5.32 Å². The van der Waals surface area contributed by atoms with E-state index in [1.807, 2.05) is 6.07 Å². The molecule has 0 bridgehead atoms. The van der Waals surface area contributed by atoms with Crippen LogP contribution in [-0.2, 0) is 4.79 Å². The Kier molecular flexibility index (Phi) is 5.46. The Labute approximate surface area is 142 Å². The molecule has 0 aliphatic rings. The molecule has 0 aromatic heterocycles. The average molecular weight is 352 g/mol. The largest absolute Gasteiger partial charge is 0.321 e. The number of rotatable bonds is 3. The van der Waals surface area contributed by atoms with Gasteiger partial charge in [0.15, 0.2) is 0 Å². The van der Waals surface area contributed by atoms with Crippen LogP contribution in [-0.4, -0.2) is 5.91 Å². The Hall–Kier alpha value is -1.99. The van der Waals surface area contributed by atoms with Crippen LogP contribution in [0, 0.1) is 11.3 Å². The van der Waals surface area contributed by atoms with E-state index < -0.39 is 5.91 Å². The van der Waals surface area contributed by atoms with Gasteiger partial charge in [0.1, 0.15) is 11.6 Å². The van der Waals surface area contributed by atoms with Crippen molar-refractivity contribution in [2.75, 3.05) is 5.32 Å². The number of nitrogens with zero attached hydrogens (tertiary/aromatic N) is 1. The van der Waals surface area contributed by atoms with Crippen molar-refractivity contribution in [3.8, 4) is 6.07 Å². The molecule has 0 spiro atoms. The number of hydrogen-bond acceptors (Lipinski definition) is 2. The van der Waals surface area contributed by atoms with Gasteiger partial charge in [0, 0.05) is 20.8 Å². The van der Waals surface area contributed by atoms with Crippen molar-refractivity contribution < 1.29 is 4.79 Å². The van der Waals surface area contributed by atoms with E-state index in [1.165, 1.54) is 6.08 Å². The molecule has 3 nitrogen and oxygen atoms in total. The summed E-state index contributed by atoms with van der Waals surface area (Å²) < 4.78 is 0. The number of anilines is 1. The first kappa shape index (κ1) is 16.4. The molecule has 1 amide bonds. The molecule has 22 heavy (non-hydrogen) atoms. The first-order chi connectivity index (χ1) is 10.5. The minimum atomic E-state index is -0.546. The minimum absolute atomic E-state index is 0.0431. The molecular formula is C16H9Cl3N2O. The molecule has 0 saturated heterocycles. The van der Waals surface area contributed by atoms with E-state index >= 15 is 0 Å². The van der Waals surface area contributed by atoms with E-state index in [1.54, 1.807) is 42.5 Å². The second kappa shape index (κ2) is 7.33. The lowest BCUT2D eigenvalue weighted by Crippen LogP contribution is -2.13. The van der Waals surface area contributed by atoms with Crippen LogP contribution in [0.5, 0.6) is 0 Å². The quantitative estimate of drug-likeness (QED) is 0.611. The molecule has 2 aromatic carbocycles. The van der Waals surface area contributed by atoms with Gasteiger partial charge in [0.05, 0.1) is 0 Å². The molecule has 0 atom stereocenters. The van der Waals surface area contributed by atoms with Gasteiger partial charge in [-0.05, 0) is 42.0 Å². The second-order valence-electron chi connectivity index (χ2n) is 4.33. The van der Waals surface area contributed by atoms with Crippen molar-refractivity contribution >= 4 is 52.5 Å². The fraction of sp³-hybridized carbons (Fsp3) is 0. The third-order valence-electron chi connectivity index (χ3n) is 2.67. The first-order valence-electron chi connectivity index (χ1n) is 6.13. The highest BCUT2D eigenvalue weighted by Crippen LogP contribution is 2.23. The zero-order valence-corrected chi connectivity index (χ0v) is 13.4. The number of carbonyl (C=O) groups is 1. The molecule has 0 unspecified atom stereocenters. The van der Waals surface area contributed by atoms with Gasteiger partial charge in [0.25, 0.3) is 5.91 Å². The Balaban J connectivity index is 2.22. The molecule has 0 aliphatic heterocycles. The number of nitrogens with one attached hydrogen (secondary N) is 1. The Morgan fingerprint density at radius 1 is 1.00 bits per heavy atom. The van der Waals surface area contributed by atoms with E-state index in [9.17, 15) is 4.79 Å². The van der Waals surface area contributed by atoms with E-state index in [0.717, 1.165) is 0 Å². The zero-order valence-electron chi connectivity index (χ0n) is 11.1. The van der Waals surface area contributed by atoms with Crippen molar-refractivity contribution in [1.29, 1.82) is 5.26 Å². The predicted octanol–water partition coefficient (Wildman–Crippen LogP) is 5.19. The lowest BCUT2D eigenvalue weighted by molar-refractivity contribution is -0.112. The van der Waals surface area contributed by atoms with Crippen LogP contribution < -0.4 is 5.32 Å². The van der Waals surface area contributed by atoms with Crippen LogP contribution in [0.2, 0.25) is 15.1 Å². The number of nitriles is 1. The summed E-state index contributed by atoms with van der Waals surface area (Å²) in [5, 5.41) is 13.1. The number of hydrogen-bond donors (Lipinski definition) is 1. The standard InChI is InChI=1S/C16H9Cl3N2O/c17-12-3-1-10(2-4-12)5-11(9-20)16(22)21-15-7-13(18)6-14(19)8-15/h1-8H,(H,21,22)/b11-5+. The minimum Gasteiger partial charge on any atom is -0.321 e. The monoisotopic (exact) mass is 350 g/mol. The summed E-state index contributed by atoms with van der Waals surface area (Å²) in [4.78, 5) is 12.1. The van der Waals surface area contributed by atoms with Crippen molar-refractivity contribution in [2.45, 2.75) is 0 Å². The number of amides is 1. The van der Waals surface area contributed by atoms with Gasteiger partial charge in [-0.3, -0.25) is 4.79 Å². The molecule has 0 aliphatic carbocycles. The number of halogens is 3. The molecule has 2 aromatic rings. The first-order valence-corrected chi connectivity index (χ1v) is 7.26. The Bertz CT molecular complexity index is 757. The lowest BCUT2D eigenvalue weighted by atomic mass is 10.1. The van der Waals surface area contributed by atoms with Crippen LogP contribution >= 0.6 is 34.8 Å². The van der Waals surface area contributed by atoms with Gasteiger partial charge in [-0.15, -0.1) is 0 Å². The summed E-state index contributed by atoms with van der Waals surface area (Å²) in [5.41, 5.74) is 1.07. The molecule has 0 saturated carbocycles. The summed E-state index contributed by atoms with van der Waals surface area (Å²) in [6, 6.07) is 13.3. The summed E-state index contributed by atoms with van der Waals surface area (Å²) in [7, 11) is 0. The summed E-state index contributed by atoms with van der Waals surface area (Å²) in [6.45, 7) is 0. The van der Waals surface area contributed by atoms with Crippen molar-refractivity contribution in [2.24, 2.45) is 0 Å². The van der Waals surface area contributed by atoms with Crippen molar-refractivity contribution in [1.82, 2.24) is 0 Å². The van der Waals surface area contributed by atoms with Crippen LogP contribution in [0.4, 0.5) is 5.69 Å². The van der Waals surface area contributed by atoms with E-state index in [4.69, 9.17) is 40.1 Å². The maximum atomic E-state index is 12.1. The van der Waals surface area contributed by atoms with Gasteiger partial charge in [-0.25, -0.2) is 0 Å². The van der Waals surface area contributed by atoms with Crippen LogP contribution in [0.3, 0.4) is 0 Å². The third kappa shape index (κ3) is 4.51. The lowest BCUT2D eigenvalue weighted by Gasteiger charge is -2.05. The predicted molar refractivity (Wildman–Crippen MR) is 90.1 cm³/mol. The zero-order chi connectivity index (χ0) is 16.1. The topological polar surface area (TPSA) is 52.9 Å². The van der Waals surface area contributed by atoms with Gasteiger partial charge in [-0.2, -0.15) is 5.26 Å². The summed E-state index contributed by atoms with van der Waals surface area (Å²) in [5.74, 6) is -0.546. The van der Waals surface area contributed by atoms with Crippen molar-refractivity contribution in [3.05, 3.63) is 68.7 Å². The highest BCUT2D eigenvalue weighted by Gasteiger charge is 2.10. The molecular weight excluding hydrogens is 343 g/mol. The van der Waals surface area contributed by atoms with Crippen molar-refractivity contribution in [3.63, 3.8) is 0 Å². The third-order valence-corrected chi connectivity index (χ3v) is 3.35. The molecule has 6 heteroatoms. The molecule has 110 valence electrons. The maximum Gasteiger partial charge on any atom is 0.266 e. The highest BCUT2D eigenvalue weighted by molar-refractivity contribution is 6.35. The number of carbonyl (C=O) groups excluding carboxylic acids is 1. The second-order valence-corrected chi connectivity index (χ2v) is 5.64.